The molecule has 27 heavy (non-hydrogen) atoms. The monoisotopic (exact) mass is 373 g/mol. The van der Waals surface area contributed by atoms with Gasteiger partial charge in [0.15, 0.2) is 0 Å². The third kappa shape index (κ3) is 10.8. The van der Waals surface area contributed by atoms with Crippen LogP contribution in [0, 0.1) is 0 Å². The number of anilines is 1. The number of rotatable bonds is 12. The van der Waals surface area contributed by atoms with E-state index in [0.29, 0.717) is 18.1 Å². The van der Waals surface area contributed by atoms with Gasteiger partial charge in [-0.1, -0.05) is 58.1 Å². The third-order valence-corrected chi connectivity index (χ3v) is 3.89. The number of guanidine groups is 1. The summed E-state index contributed by atoms with van der Waals surface area (Å²) >= 11 is 0. The Morgan fingerprint density at radius 2 is 1.78 bits per heavy atom. The van der Waals surface area contributed by atoms with Gasteiger partial charge in [0.05, 0.1) is 0 Å². The molecule has 148 valence electrons. The lowest BCUT2D eigenvalue weighted by Crippen LogP contribution is -2.36. The summed E-state index contributed by atoms with van der Waals surface area (Å²) in [5.41, 5.74) is 1.31. The minimum Gasteiger partial charge on any atom is -0.445 e. The fraction of sp³-hybridized carbons (Fsp3) is 0.476. The zero-order valence-corrected chi connectivity index (χ0v) is 16.2. The molecule has 0 atom stereocenters. The molecule has 0 aliphatic rings. The van der Waals surface area contributed by atoms with E-state index in [2.05, 4.69) is 29.1 Å². The van der Waals surface area contributed by atoms with E-state index in [-0.39, 0.29) is 6.61 Å². The predicted molar refractivity (Wildman–Crippen MR) is 110 cm³/mol. The van der Waals surface area contributed by atoms with Crippen molar-refractivity contribution in [1.82, 2.24) is 5.32 Å². The molecule has 0 fully saturated rings. The Morgan fingerprint density at radius 1 is 1.11 bits per heavy atom. The van der Waals surface area contributed by atoms with Gasteiger partial charge >= 0.3 is 6.09 Å². The number of aliphatic imine (C=N–C) groups is 1. The lowest BCUT2D eigenvalue weighted by Gasteiger charge is -2.12. The highest BCUT2D eigenvalue weighted by Gasteiger charge is 2.07. The molecular formula is C21H31N3O3. The molecule has 0 bridgehead atoms. The van der Waals surface area contributed by atoms with Crippen LogP contribution in [0.3, 0.4) is 0 Å². The summed E-state index contributed by atoms with van der Waals surface area (Å²) in [4.78, 5) is 27.0. The van der Waals surface area contributed by atoms with E-state index in [1.807, 2.05) is 0 Å². The van der Waals surface area contributed by atoms with Gasteiger partial charge in [-0.15, -0.1) is 0 Å². The molecule has 1 aromatic rings. The average Bonchev–Trinajstić information content (AvgIpc) is 2.68. The Balaban J connectivity index is 2.53. The molecule has 0 spiro atoms. The maximum absolute atomic E-state index is 11.8. The number of carbonyl (C=O) groups excluding carboxylic acids is 2. The number of ether oxygens (including phenoxy) is 1. The summed E-state index contributed by atoms with van der Waals surface area (Å²) in [5.74, 6) is 0.328. The Hall–Kier alpha value is -2.63. The Bertz CT molecular complexity index is 597. The summed E-state index contributed by atoms with van der Waals surface area (Å²) in [6, 6.07) is 6.89. The molecule has 0 aromatic heterocycles. The second-order valence-electron chi connectivity index (χ2n) is 6.23. The van der Waals surface area contributed by atoms with Gasteiger partial charge in [-0.25, -0.2) is 4.79 Å². The number of nitrogens with one attached hydrogen (secondary N) is 2. The van der Waals surface area contributed by atoms with Crippen LogP contribution >= 0.6 is 0 Å². The van der Waals surface area contributed by atoms with Crippen LogP contribution in [0.2, 0.25) is 0 Å². The Labute approximate surface area is 162 Å². The summed E-state index contributed by atoms with van der Waals surface area (Å²) in [5, 5.41) is 5.66. The van der Waals surface area contributed by atoms with E-state index >= 15 is 0 Å². The van der Waals surface area contributed by atoms with Crippen LogP contribution in [-0.4, -0.2) is 31.5 Å². The van der Waals surface area contributed by atoms with E-state index < -0.39 is 6.09 Å². The minimum absolute atomic E-state index is 0.130. The lowest BCUT2D eigenvalue weighted by atomic mass is 10.1. The molecule has 0 aliphatic carbocycles. The predicted octanol–water partition coefficient (Wildman–Crippen LogP) is 4.93. The molecule has 0 aliphatic heterocycles. The van der Waals surface area contributed by atoms with Crippen LogP contribution in [-0.2, 0) is 4.74 Å². The van der Waals surface area contributed by atoms with Gasteiger partial charge in [0.1, 0.15) is 12.9 Å². The van der Waals surface area contributed by atoms with Crippen LogP contribution in [0.1, 0.15) is 62.2 Å². The average molecular weight is 373 g/mol. The van der Waals surface area contributed by atoms with Gasteiger partial charge in [-0.05, 0) is 30.7 Å². The number of amides is 1. The first-order valence-electron chi connectivity index (χ1n) is 9.61. The zero-order chi connectivity index (χ0) is 19.7. The summed E-state index contributed by atoms with van der Waals surface area (Å²) in [6.07, 6.45) is 10.1. The number of hydrogen-bond acceptors (Lipinski definition) is 4. The molecule has 6 heteroatoms. The fourth-order valence-corrected chi connectivity index (χ4v) is 2.42. The van der Waals surface area contributed by atoms with Crippen LogP contribution in [0.15, 0.2) is 41.9 Å². The van der Waals surface area contributed by atoms with Gasteiger partial charge in [-0.2, -0.15) is 0 Å². The van der Waals surface area contributed by atoms with E-state index in [4.69, 9.17) is 4.74 Å². The summed E-state index contributed by atoms with van der Waals surface area (Å²) in [7, 11) is 0. The van der Waals surface area contributed by atoms with Crippen molar-refractivity contribution in [1.29, 1.82) is 0 Å². The van der Waals surface area contributed by atoms with Crippen LogP contribution in [0.25, 0.3) is 0 Å². The van der Waals surface area contributed by atoms with Gasteiger partial charge in [0.25, 0.3) is 0 Å². The molecule has 0 saturated heterocycles. The number of unbranched alkanes of at least 4 members (excludes halogenated alkanes) is 6. The van der Waals surface area contributed by atoms with E-state index in [1.165, 1.54) is 38.2 Å². The van der Waals surface area contributed by atoms with Crippen molar-refractivity contribution in [2.75, 3.05) is 18.5 Å². The van der Waals surface area contributed by atoms with Crippen molar-refractivity contribution in [3.05, 3.63) is 42.5 Å². The highest BCUT2D eigenvalue weighted by Crippen LogP contribution is 2.09. The van der Waals surface area contributed by atoms with E-state index in [9.17, 15) is 9.59 Å². The Kier molecular flexibility index (Phi) is 12.1. The van der Waals surface area contributed by atoms with Crippen LogP contribution in [0.4, 0.5) is 10.5 Å². The molecule has 1 rings (SSSR count). The molecule has 0 radical (unpaired) electrons. The summed E-state index contributed by atoms with van der Waals surface area (Å²) < 4.78 is 4.94. The molecule has 1 amide bonds. The molecule has 1 aromatic carbocycles. The minimum atomic E-state index is -0.592. The van der Waals surface area contributed by atoms with Gasteiger partial charge in [0, 0.05) is 17.8 Å². The Morgan fingerprint density at radius 3 is 2.41 bits per heavy atom. The molecule has 6 nitrogen and oxygen atoms in total. The number of hydrogen-bond donors (Lipinski definition) is 2. The van der Waals surface area contributed by atoms with E-state index in [1.54, 1.807) is 24.3 Å². The van der Waals surface area contributed by atoms with Crippen molar-refractivity contribution in [2.24, 2.45) is 4.99 Å². The lowest BCUT2D eigenvalue weighted by molar-refractivity contribution is 0.112. The quantitative estimate of drug-likeness (QED) is 0.179. The topological polar surface area (TPSA) is 79.8 Å². The van der Waals surface area contributed by atoms with Gasteiger partial charge in [0.2, 0.25) is 5.96 Å². The first kappa shape index (κ1) is 22.4. The first-order chi connectivity index (χ1) is 13.2. The number of alkyl carbamates (subject to hydrolysis) is 1. The number of benzene rings is 1. The maximum atomic E-state index is 11.8. The zero-order valence-electron chi connectivity index (χ0n) is 16.2. The van der Waals surface area contributed by atoms with Crippen LogP contribution < -0.4 is 10.6 Å². The first-order valence-corrected chi connectivity index (χ1v) is 9.61. The number of aldehydes is 1. The van der Waals surface area contributed by atoms with Crippen molar-refractivity contribution < 1.29 is 14.3 Å². The van der Waals surface area contributed by atoms with Crippen molar-refractivity contribution in [2.45, 2.75) is 51.9 Å². The highest BCUT2D eigenvalue weighted by molar-refractivity contribution is 6.02. The maximum Gasteiger partial charge on any atom is 0.414 e. The van der Waals surface area contributed by atoms with Crippen molar-refractivity contribution in [3.63, 3.8) is 0 Å². The van der Waals surface area contributed by atoms with Crippen molar-refractivity contribution in [3.8, 4) is 0 Å². The standard InChI is InChI=1S/C21H31N3O3/c1-3-5-6-7-8-9-10-15-22-20(24-21(26)27-16-4-2)23-19-13-11-18(17-25)12-14-19/h4,11-14,17H,2-3,5-10,15-16H2,1H3,(H2,22,23,24,26). The molecule has 2 N–H and O–H groups in total. The van der Waals surface area contributed by atoms with Crippen LogP contribution in [0.5, 0.6) is 0 Å². The van der Waals surface area contributed by atoms with Gasteiger partial charge < -0.3 is 10.1 Å². The second-order valence-corrected chi connectivity index (χ2v) is 6.23. The largest absolute Gasteiger partial charge is 0.445 e. The smallest absolute Gasteiger partial charge is 0.414 e. The normalized spacial score (nSPS) is 10.9. The molecule has 0 heterocycles. The third-order valence-electron chi connectivity index (χ3n) is 3.89. The molecule has 0 saturated carbocycles. The second kappa shape index (κ2) is 14.5. The summed E-state index contributed by atoms with van der Waals surface area (Å²) in [6.45, 7) is 6.47. The molecule has 0 unspecified atom stereocenters. The fourth-order valence-electron chi connectivity index (χ4n) is 2.42. The van der Waals surface area contributed by atoms with E-state index in [0.717, 1.165) is 24.8 Å². The van der Waals surface area contributed by atoms with Gasteiger partial charge in [-0.3, -0.25) is 15.1 Å². The molecular weight excluding hydrogens is 342 g/mol. The number of carbonyl (C=O) groups is 2. The van der Waals surface area contributed by atoms with Crippen molar-refractivity contribution >= 4 is 24.0 Å². The SMILES string of the molecule is C=CCOC(=O)N/C(=N\CCCCCCCCC)Nc1ccc(C=O)cc1. The number of nitrogens with zero attached hydrogens (tertiary/aromatic N) is 1. The highest BCUT2D eigenvalue weighted by atomic mass is 16.5.